The molecule has 2 N–H and O–H groups in total. The van der Waals surface area contributed by atoms with E-state index in [-0.39, 0.29) is 30.2 Å². The van der Waals surface area contributed by atoms with Crippen LogP contribution in [0.2, 0.25) is 0 Å². The number of likely N-dealkylation sites (tertiary alicyclic amines) is 1. The highest BCUT2D eigenvalue weighted by Crippen LogP contribution is 2.23. The summed E-state index contributed by atoms with van der Waals surface area (Å²) in [6.45, 7) is 4.24. The summed E-state index contributed by atoms with van der Waals surface area (Å²) >= 11 is 0. The number of nitrogens with zero attached hydrogens (tertiary/aromatic N) is 2. The molecule has 7 nitrogen and oxygen atoms in total. The van der Waals surface area contributed by atoms with Crippen molar-refractivity contribution >= 4 is 11.9 Å². The van der Waals surface area contributed by atoms with E-state index in [1.54, 1.807) is 6.07 Å². The predicted octanol–water partition coefficient (Wildman–Crippen LogP) is 0.847. The molecule has 1 aliphatic heterocycles. The molecular formula is C13H19N3O4. The minimum absolute atomic E-state index is 0.227. The fourth-order valence-electron chi connectivity index (χ4n) is 2.32. The molecule has 1 fully saturated rings. The van der Waals surface area contributed by atoms with Crippen LogP contribution in [0.1, 0.15) is 42.4 Å². The van der Waals surface area contributed by atoms with Crippen molar-refractivity contribution in [3.8, 4) is 0 Å². The van der Waals surface area contributed by atoms with Crippen LogP contribution in [0.3, 0.4) is 0 Å². The van der Waals surface area contributed by atoms with Crippen molar-refractivity contribution in [2.24, 2.45) is 0 Å². The Hall–Kier alpha value is -1.89. The van der Waals surface area contributed by atoms with Gasteiger partial charge in [0.25, 0.3) is 5.91 Å². The summed E-state index contributed by atoms with van der Waals surface area (Å²) in [5, 5.41) is 16.0. The quantitative estimate of drug-likeness (QED) is 0.853. The maximum Gasteiger partial charge on any atom is 0.326 e. The van der Waals surface area contributed by atoms with E-state index in [1.165, 1.54) is 12.0 Å². The predicted molar refractivity (Wildman–Crippen MR) is 70.6 cm³/mol. The van der Waals surface area contributed by atoms with E-state index in [0.717, 1.165) is 5.69 Å². The average molecular weight is 281 g/mol. The van der Waals surface area contributed by atoms with E-state index in [2.05, 4.69) is 10.2 Å². The molecule has 110 valence electrons. The number of aliphatic carboxylic acids is 1. The Bertz CT molecular complexity index is 511. The number of ether oxygens (including phenoxy) is 1. The number of nitrogens with one attached hydrogen (secondary N) is 1. The summed E-state index contributed by atoms with van der Waals surface area (Å²) in [7, 11) is 1.52. The lowest BCUT2D eigenvalue weighted by Gasteiger charge is -2.19. The van der Waals surface area contributed by atoms with E-state index in [9.17, 15) is 14.7 Å². The highest BCUT2D eigenvalue weighted by Gasteiger charge is 2.40. The molecule has 2 rings (SSSR count). The minimum atomic E-state index is -1.02. The maximum absolute atomic E-state index is 12.4. The molecule has 1 amide bonds. The van der Waals surface area contributed by atoms with Crippen LogP contribution in [0.4, 0.5) is 0 Å². The third-order valence-electron chi connectivity index (χ3n) is 3.58. The molecule has 0 aliphatic carbocycles. The molecular weight excluding hydrogens is 262 g/mol. The number of aromatic amines is 1. The molecule has 2 unspecified atom stereocenters. The molecule has 0 saturated carbocycles. The third-order valence-corrected chi connectivity index (χ3v) is 3.58. The highest BCUT2D eigenvalue weighted by atomic mass is 16.5. The number of hydrogen-bond donors (Lipinski definition) is 2. The van der Waals surface area contributed by atoms with Gasteiger partial charge in [-0.25, -0.2) is 4.79 Å². The first-order valence-electron chi connectivity index (χ1n) is 6.56. The SMILES string of the molecule is COC1CC(C(=O)O)N(C(=O)c2cc(C(C)C)[nH]n2)C1. The Balaban J connectivity index is 2.19. The maximum atomic E-state index is 12.4. The first kappa shape index (κ1) is 14.5. The van der Waals surface area contributed by atoms with Gasteiger partial charge in [-0.05, 0) is 12.0 Å². The second-order valence-electron chi connectivity index (χ2n) is 5.27. The molecule has 20 heavy (non-hydrogen) atoms. The van der Waals surface area contributed by atoms with Crippen LogP contribution in [-0.4, -0.2) is 57.9 Å². The van der Waals surface area contributed by atoms with E-state index >= 15 is 0 Å². The molecule has 0 radical (unpaired) electrons. The monoisotopic (exact) mass is 281 g/mol. The van der Waals surface area contributed by atoms with Crippen molar-refractivity contribution in [1.82, 2.24) is 15.1 Å². The number of H-pyrrole nitrogens is 1. The van der Waals surface area contributed by atoms with Crippen molar-refractivity contribution < 1.29 is 19.4 Å². The lowest BCUT2D eigenvalue weighted by molar-refractivity contribution is -0.141. The molecule has 1 aromatic rings. The summed E-state index contributed by atoms with van der Waals surface area (Å²) in [5.74, 6) is -1.16. The molecule has 0 spiro atoms. The Morgan fingerprint density at radius 3 is 2.75 bits per heavy atom. The number of carbonyl (C=O) groups is 2. The van der Waals surface area contributed by atoms with Crippen LogP contribution in [0, 0.1) is 0 Å². The zero-order valence-electron chi connectivity index (χ0n) is 11.8. The molecule has 0 aromatic carbocycles. The van der Waals surface area contributed by atoms with Gasteiger partial charge in [-0.3, -0.25) is 9.89 Å². The molecule has 1 aliphatic rings. The Labute approximate surface area is 116 Å². The molecule has 2 atom stereocenters. The number of carbonyl (C=O) groups excluding carboxylic acids is 1. The van der Waals surface area contributed by atoms with Crippen LogP contribution >= 0.6 is 0 Å². The Morgan fingerprint density at radius 1 is 1.55 bits per heavy atom. The van der Waals surface area contributed by atoms with Crippen LogP contribution in [0.5, 0.6) is 0 Å². The van der Waals surface area contributed by atoms with Crippen molar-refractivity contribution in [3.05, 3.63) is 17.5 Å². The normalized spacial score (nSPS) is 22.5. The fourth-order valence-corrected chi connectivity index (χ4v) is 2.32. The molecule has 7 heteroatoms. The van der Waals surface area contributed by atoms with Crippen LogP contribution in [-0.2, 0) is 9.53 Å². The number of carboxylic acid groups (broad SMARTS) is 1. The van der Waals surface area contributed by atoms with Gasteiger partial charge in [-0.1, -0.05) is 13.8 Å². The second-order valence-corrected chi connectivity index (χ2v) is 5.27. The van der Waals surface area contributed by atoms with Gasteiger partial charge in [0, 0.05) is 25.8 Å². The molecule has 1 aromatic heterocycles. The first-order valence-corrected chi connectivity index (χ1v) is 6.56. The number of hydrogen-bond acceptors (Lipinski definition) is 4. The minimum Gasteiger partial charge on any atom is -0.480 e. The summed E-state index contributed by atoms with van der Waals surface area (Å²) in [4.78, 5) is 24.9. The van der Waals surface area contributed by atoms with Gasteiger partial charge in [0.15, 0.2) is 0 Å². The zero-order chi connectivity index (χ0) is 14.9. The van der Waals surface area contributed by atoms with Crippen LogP contribution in [0.25, 0.3) is 0 Å². The summed E-state index contributed by atoms with van der Waals surface area (Å²) in [6.07, 6.45) is 0.0579. The van der Waals surface area contributed by atoms with Crippen molar-refractivity contribution in [2.45, 2.75) is 38.3 Å². The number of aromatic nitrogens is 2. The molecule has 0 bridgehead atoms. The second kappa shape index (κ2) is 5.62. The van der Waals surface area contributed by atoms with Gasteiger partial charge in [-0.2, -0.15) is 5.10 Å². The van der Waals surface area contributed by atoms with Gasteiger partial charge < -0.3 is 14.7 Å². The van der Waals surface area contributed by atoms with Gasteiger partial charge in [0.05, 0.1) is 6.10 Å². The summed E-state index contributed by atoms with van der Waals surface area (Å²) in [5.41, 5.74) is 1.10. The van der Waals surface area contributed by atoms with E-state index in [4.69, 9.17) is 4.74 Å². The van der Waals surface area contributed by atoms with Gasteiger partial charge >= 0.3 is 5.97 Å². The van der Waals surface area contributed by atoms with Crippen molar-refractivity contribution in [3.63, 3.8) is 0 Å². The van der Waals surface area contributed by atoms with Crippen molar-refractivity contribution in [1.29, 1.82) is 0 Å². The van der Waals surface area contributed by atoms with Crippen LogP contribution < -0.4 is 0 Å². The molecule has 1 saturated heterocycles. The number of carboxylic acids is 1. The lowest BCUT2D eigenvalue weighted by atomic mass is 10.1. The van der Waals surface area contributed by atoms with Gasteiger partial charge in [0.1, 0.15) is 11.7 Å². The van der Waals surface area contributed by atoms with E-state index in [0.29, 0.717) is 6.42 Å². The smallest absolute Gasteiger partial charge is 0.326 e. The highest BCUT2D eigenvalue weighted by molar-refractivity contribution is 5.95. The van der Waals surface area contributed by atoms with Gasteiger partial charge in [0.2, 0.25) is 0 Å². The topological polar surface area (TPSA) is 95.5 Å². The summed E-state index contributed by atoms with van der Waals surface area (Å²) < 4.78 is 5.17. The van der Waals surface area contributed by atoms with Crippen molar-refractivity contribution in [2.75, 3.05) is 13.7 Å². The van der Waals surface area contributed by atoms with E-state index in [1.807, 2.05) is 13.8 Å². The Kier molecular flexibility index (Phi) is 4.08. The fraction of sp³-hybridized carbons (Fsp3) is 0.615. The third kappa shape index (κ3) is 2.67. The number of rotatable bonds is 4. The summed E-state index contributed by atoms with van der Waals surface area (Å²) in [6, 6.07) is 0.818. The first-order chi connectivity index (χ1) is 9.43. The molecule has 2 heterocycles. The van der Waals surface area contributed by atoms with Gasteiger partial charge in [-0.15, -0.1) is 0 Å². The lowest BCUT2D eigenvalue weighted by Crippen LogP contribution is -2.40. The standard InChI is InChI=1S/C13H19N3O4/c1-7(2)9-5-10(15-14-9)12(17)16-6-8(20-3)4-11(16)13(18)19/h5,7-8,11H,4,6H2,1-3H3,(H,14,15)(H,18,19). The Morgan fingerprint density at radius 2 is 2.25 bits per heavy atom. The zero-order valence-corrected chi connectivity index (χ0v) is 11.8. The van der Waals surface area contributed by atoms with E-state index < -0.39 is 12.0 Å². The van der Waals surface area contributed by atoms with Crippen LogP contribution in [0.15, 0.2) is 6.07 Å². The largest absolute Gasteiger partial charge is 0.480 e. The number of methoxy groups -OCH3 is 1. The number of amides is 1. The average Bonchev–Trinajstić information content (AvgIpc) is 3.04.